The summed E-state index contributed by atoms with van der Waals surface area (Å²) in [5.74, 6) is -0.869. The largest absolute Gasteiger partial charge is 0.462 e. The van der Waals surface area contributed by atoms with Crippen molar-refractivity contribution < 1.29 is 28.6 Å². The molecule has 0 amide bonds. The van der Waals surface area contributed by atoms with Gasteiger partial charge < -0.3 is 14.2 Å². The van der Waals surface area contributed by atoms with Crippen molar-refractivity contribution in [3.8, 4) is 0 Å². The van der Waals surface area contributed by atoms with E-state index in [9.17, 15) is 14.4 Å². The topological polar surface area (TPSA) is 78.9 Å². The number of hydrogen-bond acceptors (Lipinski definition) is 6. The van der Waals surface area contributed by atoms with E-state index in [0.29, 0.717) is 19.3 Å². The normalized spacial score (nSPS) is 12.1. The van der Waals surface area contributed by atoms with E-state index < -0.39 is 6.10 Å². The number of ether oxygens (including phenoxy) is 3. The summed E-state index contributed by atoms with van der Waals surface area (Å²) in [4.78, 5) is 38.0. The summed E-state index contributed by atoms with van der Waals surface area (Å²) in [5, 5.41) is 0. The minimum Gasteiger partial charge on any atom is -0.462 e. The zero-order valence-corrected chi connectivity index (χ0v) is 42.4. The molecule has 0 heterocycles. The highest BCUT2D eigenvalue weighted by molar-refractivity contribution is 5.71. The molecule has 0 aromatic heterocycles. The lowest BCUT2D eigenvalue weighted by Gasteiger charge is -2.18. The quantitative estimate of drug-likeness (QED) is 0.0262. The highest BCUT2D eigenvalue weighted by atomic mass is 16.6. The second kappa shape index (κ2) is 52.5. The van der Waals surface area contributed by atoms with E-state index in [1.165, 1.54) is 199 Å². The van der Waals surface area contributed by atoms with Gasteiger partial charge in [0.1, 0.15) is 13.2 Å². The molecular weight excluding hydrogens is 781 g/mol. The smallest absolute Gasteiger partial charge is 0.306 e. The van der Waals surface area contributed by atoms with Gasteiger partial charge in [0.05, 0.1) is 0 Å². The molecule has 0 rings (SSSR count). The maximum Gasteiger partial charge on any atom is 0.306 e. The molecule has 0 aliphatic heterocycles. The average Bonchev–Trinajstić information content (AvgIpc) is 3.28. The molecule has 0 fully saturated rings. The summed E-state index contributed by atoms with van der Waals surface area (Å²) in [7, 11) is 0. The summed E-state index contributed by atoms with van der Waals surface area (Å²) in [6, 6.07) is 0. The van der Waals surface area contributed by atoms with Crippen molar-refractivity contribution in [2.45, 2.75) is 309 Å². The lowest BCUT2D eigenvalue weighted by molar-refractivity contribution is -0.167. The Hall–Kier alpha value is -2.11. The molecule has 0 saturated heterocycles. The lowest BCUT2D eigenvalue weighted by atomic mass is 10.0. The number of allylic oxidation sites excluding steroid dienone is 4. The van der Waals surface area contributed by atoms with Crippen LogP contribution in [0.5, 0.6) is 0 Å². The van der Waals surface area contributed by atoms with Crippen molar-refractivity contribution in [1.82, 2.24) is 0 Å². The molecule has 6 nitrogen and oxygen atoms in total. The fraction of sp³-hybridized carbons (Fsp3) is 0.877. The van der Waals surface area contributed by atoms with E-state index in [4.69, 9.17) is 14.2 Å². The third-order valence-corrected chi connectivity index (χ3v) is 12.4. The molecule has 0 aromatic carbocycles. The van der Waals surface area contributed by atoms with Crippen LogP contribution in [0.1, 0.15) is 303 Å². The van der Waals surface area contributed by atoms with Crippen molar-refractivity contribution in [2.75, 3.05) is 13.2 Å². The molecule has 1 atom stereocenters. The zero-order valence-electron chi connectivity index (χ0n) is 42.4. The monoisotopic (exact) mass is 887 g/mol. The predicted molar refractivity (Wildman–Crippen MR) is 270 cm³/mol. The first-order valence-electron chi connectivity index (χ1n) is 27.8. The zero-order chi connectivity index (χ0) is 45.8. The molecule has 0 aliphatic carbocycles. The molecule has 0 radical (unpaired) electrons. The number of unbranched alkanes of at least 4 members (excludes halogenated alkanes) is 36. The molecule has 0 aromatic rings. The molecule has 1 unspecified atom stereocenters. The first-order valence-corrected chi connectivity index (χ1v) is 27.8. The van der Waals surface area contributed by atoms with Crippen LogP contribution < -0.4 is 0 Å². The van der Waals surface area contributed by atoms with Gasteiger partial charge in [-0.3, -0.25) is 14.4 Å². The van der Waals surface area contributed by atoms with E-state index in [1.807, 2.05) is 0 Å². The van der Waals surface area contributed by atoms with Crippen LogP contribution in [0.4, 0.5) is 0 Å². The Morgan fingerprint density at radius 2 is 0.540 bits per heavy atom. The van der Waals surface area contributed by atoms with Crippen molar-refractivity contribution in [3.63, 3.8) is 0 Å². The lowest BCUT2D eigenvalue weighted by Crippen LogP contribution is -2.30. The molecular formula is C57H106O6. The Balaban J connectivity index is 4.30. The molecule has 0 aliphatic rings. The minimum absolute atomic E-state index is 0.0722. The number of rotatable bonds is 51. The second-order valence-corrected chi connectivity index (χ2v) is 18.8. The van der Waals surface area contributed by atoms with E-state index in [-0.39, 0.29) is 31.1 Å². The second-order valence-electron chi connectivity index (χ2n) is 18.8. The molecule has 0 spiro atoms. The Morgan fingerprint density at radius 1 is 0.302 bits per heavy atom. The van der Waals surface area contributed by atoms with Gasteiger partial charge in [-0.15, -0.1) is 0 Å². The van der Waals surface area contributed by atoms with Crippen LogP contribution in [0.15, 0.2) is 24.3 Å². The first-order chi connectivity index (χ1) is 31.0. The van der Waals surface area contributed by atoms with Gasteiger partial charge in [0.25, 0.3) is 0 Å². The number of carbonyl (C=O) groups is 3. The van der Waals surface area contributed by atoms with Crippen LogP contribution >= 0.6 is 0 Å². The molecule has 0 N–H and O–H groups in total. The van der Waals surface area contributed by atoms with Gasteiger partial charge in [0.2, 0.25) is 0 Å². The summed E-state index contributed by atoms with van der Waals surface area (Å²) in [5.41, 5.74) is 0. The van der Waals surface area contributed by atoms with E-state index >= 15 is 0 Å². The Kier molecular flexibility index (Phi) is 50.8. The van der Waals surface area contributed by atoms with Crippen LogP contribution in [0.3, 0.4) is 0 Å². The van der Waals surface area contributed by atoms with Gasteiger partial charge >= 0.3 is 17.9 Å². The summed E-state index contributed by atoms with van der Waals surface area (Å²) < 4.78 is 16.8. The molecule has 6 heteroatoms. The number of carbonyl (C=O) groups excluding carboxylic acids is 3. The van der Waals surface area contributed by atoms with Gasteiger partial charge in [-0.1, -0.05) is 244 Å². The first kappa shape index (κ1) is 60.9. The fourth-order valence-corrected chi connectivity index (χ4v) is 8.18. The third-order valence-electron chi connectivity index (χ3n) is 12.4. The van der Waals surface area contributed by atoms with E-state index in [1.54, 1.807) is 0 Å². The minimum atomic E-state index is -0.771. The van der Waals surface area contributed by atoms with Crippen LogP contribution in [-0.4, -0.2) is 37.2 Å². The Morgan fingerprint density at radius 3 is 0.841 bits per heavy atom. The number of esters is 3. The highest BCUT2D eigenvalue weighted by Crippen LogP contribution is 2.16. The number of hydrogen-bond donors (Lipinski definition) is 0. The molecule has 0 saturated carbocycles. The molecule has 0 bridgehead atoms. The van der Waals surface area contributed by atoms with Crippen molar-refractivity contribution in [1.29, 1.82) is 0 Å². The third kappa shape index (κ3) is 50.7. The molecule has 370 valence electrons. The van der Waals surface area contributed by atoms with Crippen molar-refractivity contribution in [3.05, 3.63) is 24.3 Å². The average molecular weight is 887 g/mol. The van der Waals surface area contributed by atoms with E-state index in [2.05, 4.69) is 45.1 Å². The summed E-state index contributed by atoms with van der Waals surface area (Å²) in [6.45, 7) is 6.63. The highest BCUT2D eigenvalue weighted by Gasteiger charge is 2.19. The predicted octanol–water partition coefficient (Wildman–Crippen LogP) is 18.3. The Labute approximate surface area is 392 Å². The van der Waals surface area contributed by atoms with Crippen LogP contribution in [0, 0.1) is 0 Å². The van der Waals surface area contributed by atoms with Gasteiger partial charge in [-0.05, 0) is 64.2 Å². The van der Waals surface area contributed by atoms with Crippen molar-refractivity contribution >= 4 is 17.9 Å². The Bertz CT molecular complexity index is 1020. The summed E-state index contributed by atoms with van der Waals surface area (Å²) >= 11 is 0. The SMILES string of the molecule is CCCC/C=C\CCCCCCCC(=O)OCC(COC(=O)CCCCCCCCC/C=C\CCCCCCCCC)OC(=O)CCCCCCCCCCCCCCCCCC. The van der Waals surface area contributed by atoms with Gasteiger partial charge in [-0.25, -0.2) is 0 Å². The summed E-state index contributed by atoms with van der Waals surface area (Å²) in [6.07, 6.45) is 60.2. The fourth-order valence-electron chi connectivity index (χ4n) is 8.18. The van der Waals surface area contributed by atoms with Gasteiger partial charge in [-0.2, -0.15) is 0 Å². The van der Waals surface area contributed by atoms with Crippen LogP contribution in [0.2, 0.25) is 0 Å². The van der Waals surface area contributed by atoms with E-state index in [0.717, 1.165) is 64.2 Å². The maximum atomic E-state index is 12.8. The van der Waals surface area contributed by atoms with Crippen molar-refractivity contribution in [2.24, 2.45) is 0 Å². The van der Waals surface area contributed by atoms with Crippen LogP contribution in [-0.2, 0) is 28.6 Å². The van der Waals surface area contributed by atoms with Crippen LogP contribution in [0.25, 0.3) is 0 Å². The van der Waals surface area contributed by atoms with Gasteiger partial charge in [0, 0.05) is 19.3 Å². The molecule has 63 heavy (non-hydrogen) atoms. The van der Waals surface area contributed by atoms with Gasteiger partial charge in [0.15, 0.2) is 6.10 Å². The standard InChI is InChI=1S/C57H106O6/c1-4-7-10-13-16-19-22-24-26-28-29-31-32-35-38-41-44-47-50-56(59)62-53-54(52-61-55(58)49-46-43-40-37-34-21-18-15-12-9-6-3)63-57(60)51-48-45-42-39-36-33-30-27-25-23-20-17-14-11-8-5-2/h15,18,26,28,54H,4-14,16-17,19-25,27,29-53H2,1-3H3/b18-15-,28-26-. The maximum absolute atomic E-state index is 12.8.